The van der Waals surface area contributed by atoms with Crippen LogP contribution in [0.3, 0.4) is 0 Å². The van der Waals surface area contributed by atoms with Crippen molar-refractivity contribution in [3.05, 3.63) is 29.8 Å². The zero-order valence-electron chi connectivity index (χ0n) is 9.44. The molecule has 1 aromatic carbocycles. The number of aliphatic imine (C=N–C) groups is 1. The Hall–Kier alpha value is -1.39. The lowest BCUT2D eigenvalue weighted by atomic mass is 10.0. The number of hydrogen-bond donors (Lipinski definition) is 2. The Kier molecular flexibility index (Phi) is 3.54. The van der Waals surface area contributed by atoms with E-state index in [-0.39, 0.29) is 6.10 Å². The number of nitrogens with one attached hydrogen (secondary N) is 1. The average Bonchev–Trinajstić information content (AvgIpc) is 2.31. The predicted octanol–water partition coefficient (Wildman–Crippen LogP) is 0.676. The van der Waals surface area contributed by atoms with Crippen LogP contribution in [0.5, 0.6) is 0 Å². The molecule has 0 saturated heterocycles. The lowest BCUT2D eigenvalue weighted by Gasteiger charge is -2.24. The molecule has 1 unspecified atom stereocenters. The molecule has 4 nitrogen and oxygen atoms in total. The lowest BCUT2D eigenvalue weighted by molar-refractivity contribution is 0.0964. The highest BCUT2D eigenvalue weighted by atomic mass is 16.5. The highest BCUT2D eigenvalue weighted by molar-refractivity contribution is 6.07. The molecule has 0 fully saturated rings. The summed E-state index contributed by atoms with van der Waals surface area (Å²) < 4.78 is 5.69. The number of anilines is 1. The van der Waals surface area contributed by atoms with E-state index in [1.807, 2.05) is 31.3 Å². The van der Waals surface area contributed by atoms with Gasteiger partial charge in [-0.05, 0) is 13.1 Å². The molecule has 1 aliphatic heterocycles. The van der Waals surface area contributed by atoms with E-state index in [0.717, 1.165) is 23.5 Å². The lowest BCUT2D eigenvalue weighted by Crippen LogP contribution is -2.38. The molecule has 16 heavy (non-hydrogen) atoms. The number of nitrogens with zero attached hydrogens (tertiary/aromatic N) is 1. The molecule has 1 aliphatic rings. The van der Waals surface area contributed by atoms with E-state index in [0.29, 0.717) is 13.2 Å². The van der Waals surface area contributed by atoms with Gasteiger partial charge < -0.3 is 15.8 Å². The molecule has 86 valence electrons. The van der Waals surface area contributed by atoms with Gasteiger partial charge in [-0.25, -0.2) is 0 Å². The zero-order valence-corrected chi connectivity index (χ0v) is 9.44. The molecular formula is C12H17N3O. The van der Waals surface area contributed by atoms with E-state index in [1.165, 1.54) is 0 Å². The molecule has 0 aromatic heterocycles. The minimum Gasteiger partial charge on any atom is -0.398 e. The van der Waals surface area contributed by atoms with E-state index in [4.69, 9.17) is 10.5 Å². The summed E-state index contributed by atoms with van der Waals surface area (Å²) in [4.78, 5) is 4.53. The topological polar surface area (TPSA) is 59.6 Å². The Bertz CT molecular complexity index is 390. The second kappa shape index (κ2) is 5.09. The molecule has 2 rings (SSSR count). The van der Waals surface area contributed by atoms with Crippen LogP contribution in [0.1, 0.15) is 5.56 Å². The molecule has 0 saturated carbocycles. The maximum absolute atomic E-state index is 5.95. The average molecular weight is 219 g/mol. The van der Waals surface area contributed by atoms with E-state index < -0.39 is 0 Å². The van der Waals surface area contributed by atoms with Crippen LogP contribution in [-0.2, 0) is 4.74 Å². The standard InChI is InChI=1S/C12H17N3O/c1-14-8-11-12(15-6-7-16-11)9-4-2-3-5-10(9)13/h2-5,11,14H,6-8,13H2,1H3. The van der Waals surface area contributed by atoms with Crippen LogP contribution in [0.4, 0.5) is 5.69 Å². The monoisotopic (exact) mass is 219 g/mol. The summed E-state index contributed by atoms with van der Waals surface area (Å²) in [5.41, 5.74) is 8.66. The molecule has 1 aromatic rings. The Balaban J connectivity index is 2.30. The van der Waals surface area contributed by atoms with Gasteiger partial charge in [-0.3, -0.25) is 4.99 Å². The zero-order chi connectivity index (χ0) is 11.4. The summed E-state index contributed by atoms with van der Waals surface area (Å²) in [6, 6.07) is 7.78. The Morgan fingerprint density at radius 3 is 3.06 bits per heavy atom. The van der Waals surface area contributed by atoms with Crippen LogP contribution >= 0.6 is 0 Å². The third-order valence-electron chi connectivity index (χ3n) is 2.62. The van der Waals surface area contributed by atoms with Crippen LogP contribution in [-0.4, -0.2) is 38.6 Å². The first-order chi connectivity index (χ1) is 7.83. The molecule has 0 amide bonds. The van der Waals surface area contributed by atoms with E-state index in [2.05, 4.69) is 10.3 Å². The van der Waals surface area contributed by atoms with Crippen molar-refractivity contribution in [3.63, 3.8) is 0 Å². The first kappa shape index (κ1) is 11.1. The molecule has 1 heterocycles. The van der Waals surface area contributed by atoms with Gasteiger partial charge in [0.1, 0.15) is 6.10 Å². The normalized spacial score (nSPS) is 20.6. The van der Waals surface area contributed by atoms with Crippen molar-refractivity contribution in [1.82, 2.24) is 5.32 Å². The minimum absolute atomic E-state index is 0.00319. The maximum Gasteiger partial charge on any atom is 0.112 e. The molecule has 0 bridgehead atoms. The molecule has 4 heteroatoms. The number of para-hydroxylation sites is 1. The van der Waals surface area contributed by atoms with Crippen LogP contribution < -0.4 is 11.1 Å². The van der Waals surface area contributed by atoms with Gasteiger partial charge in [0, 0.05) is 17.8 Å². The van der Waals surface area contributed by atoms with Crippen molar-refractivity contribution >= 4 is 11.4 Å². The van der Waals surface area contributed by atoms with Gasteiger partial charge in [0.2, 0.25) is 0 Å². The smallest absolute Gasteiger partial charge is 0.112 e. The van der Waals surface area contributed by atoms with Crippen LogP contribution in [0.15, 0.2) is 29.3 Å². The van der Waals surface area contributed by atoms with Crippen LogP contribution in [0.25, 0.3) is 0 Å². The van der Waals surface area contributed by atoms with Crippen LogP contribution in [0.2, 0.25) is 0 Å². The Morgan fingerprint density at radius 1 is 1.50 bits per heavy atom. The number of rotatable bonds is 3. The van der Waals surface area contributed by atoms with Gasteiger partial charge >= 0.3 is 0 Å². The summed E-state index contributed by atoms with van der Waals surface area (Å²) >= 11 is 0. The van der Waals surface area contributed by atoms with E-state index in [9.17, 15) is 0 Å². The third-order valence-corrected chi connectivity index (χ3v) is 2.62. The van der Waals surface area contributed by atoms with Crippen molar-refractivity contribution in [2.24, 2.45) is 4.99 Å². The fourth-order valence-electron chi connectivity index (χ4n) is 1.87. The molecule has 0 spiro atoms. The molecule has 1 atom stereocenters. The van der Waals surface area contributed by atoms with E-state index >= 15 is 0 Å². The number of likely N-dealkylation sites (N-methyl/N-ethyl adjacent to an activating group) is 1. The van der Waals surface area contributed by atoms with Crippen molar-refractivity contribution in [1.29, 1.82) is 0 Å². The number of nitrogens with two attached hydrogens (primary N) is 1. The maximum atomic E-state index is 5.95. The van der Waals surface area contributed by atoms with E-state index in [1.54, 1.807) is 0 Å². The first-order valence-corrected chi connectivity index (χ1v) is 5.48. The van der Waals surface area contributed by atoms with Gasteiger partial charge in [0.25, 0.3) is 0 Å². The Labute approximate surface area is 95.5 Å². The second-order valence-corrected chi connectivity index (χ2v) is 3.77. The molecule has 0 aliphatic carbocycles. The predicted molar refractivity (Wildman–Crippen MR) is 65.9 cm³/mol. The van der Waals surface area contributed by atoms with Crippen molar-refractivity contribution < 1.29 is 4.74 Å². The summed E-state index contributed by atoms with van der Waals surface area (Å²) in [6.45, 7) is 2.15. The number of ether oxygens (including phenoxy) is 1. The largest absolute Gasteiger partial charge is 0.398 e. The SMILES string of the molecule is CNCC1OCCN=C1c1ccccc1N. The molecular weight excluding hydrogens is 202 g/mol. The van der Waals surface area contributed by atoms with Crippen molar-refractivity contribution in [2.45, 2.75) is 6.10 Å². The van der Waals surface area contributed by atoms with Gasteiger partial charge in [-0.2, -0.15) is 0 Å². The minimum atomic E-state index is 0.00319. The van der Waals surface area contributed by atoms with Crippen molar-refractivity contribution in [3.8, 4) is 0 Å². The third kappa shape index (κ3) is 2.23. The highest BCUT2D eigenvalue weighted by Gasteiger charge is 2.22. The summed E-state index contributed by atoms with van der Waals surface area (Å²) in [6.07, 6.45) is 0.00319. The second-order valence-electron chi connectivity index (χ2n) is 3.77. The molecule has 3 N–H and O–H groups in total. The van der Waals surface area contributed by atoms with Gasteiger partial charge in [0.05, 0.1) is 18.9 Å². The Morgan fingerprint density at radius 2 is 2.31 bits per heavy atom. The highest BCUT2D eigenvalue weighted by Crippen LogP contribution is 2.17. The fraction of sp³-hybridized carbons (Fsp3) is 0.417. The first-order valence-electron chi connectivity index (χ1n) is 5.48. The van der Waals surface area contributed by atoms with Gasteiger partial charge in [0.15, 0.2) is 0 Å². The number of nitrogen functional groups attached to an aromatic ring is 1. The van der Waals surface area contributed by atoms with Crippen molar-refractivity contribution in [2.75, 3.05) is 32.5 Å². The fourth-order valence-corrected chi connectivity index (χ4v) is 1.87. The quantitative estimate of drug-likeness (QED) is 0.735. The summed E-state index contributed by atoms with van der Waals surface area (Å²) in [5.74, 6) is 0. The number of benzene rings is 1. The van der Waals surface area contributed by atoms with Gasteiger partial charge in [-0.15, -0.1) is 0 Å². The van der Waals surface area contributed by atoms with Crippen LogP contribution in [0, 0.1) is 0 Å². The summed E-state index contributed by atoms with van der Waals surface area (Å²) in [5, 5.41) is 3.11. The van der Waals surface area contributed by atoms with Gasteiger partial charge in [-0.1, -0.05) is 18.2 Å². The number of hydrogen-bond acceptors (Lipinski definition) is 4. The summed E-state index contributed by atoms with van der Waals surface area (Å²) in [7, 11) is 1.91. The molecule has 0 radical (unpaired) electrons.